The average Bonchev–Trinajstić information content (AvgIpc) is 3.54. The number of benzene rings is 2. The van der Waals surface area contributed by atoms with Crippen LogP contribution in [0, 0.1) is 0 Å². The van der Waals surface area contributed by atoms with Gasteiger partial charge >= 0.3 is 5.69 Å². The van der Waals surface area contributed by atoms with Crippen molar-refractivity contribution in [2.24, 2.45) is 0 Å². The predicted molar refractivity (Wildman–Crippen MR) is 138 cm³/mol. The molecule has 36 heavy (non-hydrogen) atoms. The highest BCUT2D eigenvalue weighted by atomic mass is 35.5. The van der Waals surface area contributed by atoms with Gasteiger partial charge in [-0.25, -0.2) is 9.48 Å². The van der Waals surface area contributed by atoms with Crippen molar-refractivity contribution in [1.29, 1.82) is 0 Å². The maximum Gasteiger partial charge on any atom is 0.365 e. The predicted octanol–water partition coefficient (Wildman–Crippen LogP) is 4.70. The van der Waals surface area contributed by atoms with E-state index in [1.165, 1.54) is 9.36 Å². The second-order valence-electron chi connectivity index (χ2n) is 8.56. The van der Waals surface area contributed by atoms with E-state index in [2.05, 4.69) is 15.6 Å². The van der Waals surface area contributed by atoms with E-state index in [1.807, 2.05) is 67.6 Å². The number of pyridine rings is 1. The zero-order chi connectivity index (χ0) is 24.6. The van der Waals surface area contributed by atoms with Crippen molar-refractivity contribution >= 4 is 22.7 Å². The van der Waals surface area contributed by atoms with Crippen molar-refractivity contribution in [3.05, 3.63) is 123 Å². The summed E-state index contributed by atoms with van der Waals surface area (Å²) in [6, 6.07) is 21.0. The molecule has 0 bridgehead atoms. The van der Waals surface area contributed by atoms with Crippen molar-refractivity contribution < 1.29 is 4.52 Å². The van der Waals surface area contributed by atoms with E-state index in [0.717, 1.165) is 33.4 Å². The fourth-order valence-electron chi connectivity index (χ4n) is 4.52. The van der Waals surface area contributed by atoms with Crippen LogP contribution < -0.4 is 11.1 Å². The van der Waals surface area contributed by atoms with Crippen molar-refractivity contribution in [1.82, 2.24) is 24.6 Å². The lowest BCUT2D eigenvalue weighted by atomic mass is 9.89. The number of rotatable bonds is 5. The lowest BCUT2D eigenvalue weighted by molar-refractivity contribution is 0.432. The second-order valence-corrected chi connectivity index (χ2v) is 8.99. The number of hydrogen-bond acceptors (Lipinski definition) is 6. The zero-order valence-electron chi connectivity index (χ0n) is 19.3. The van der Waals surface area contributed by atoms with E-state index in [9.17, 15) is 4.79 Å². The van der Waals surface area contributed by atoms with Crippen molar-refractivity contribution in [2.45, 2.75) is 19.5 Å². The molecule has 0 saturated carbocycles. The molecule has 178 valence electrons. The fourth-order valence-corrected chi connectivity index (χ4v) is 4.65. The normalized spacial score (nSPS) is 15.0. The first kappa shape index (κ1) is 22.1. The van der Waals surface area contributed by atoms with Gasteiger partial charge in [-0.15, -0.1) is 5.10 Å². The van der Waals surface area contributed by atoms with E-state index >= 15 is 0 Å². The van der Waals surface area contributed by atoms with Gasteiger partial charge in [-0.3, -0.25) is 4.98 Å². The van der Waals surface area contributed by atoms with Gasteiger partial charge in [-0.05, 0) is 53.5 Å². The molecule has 8 nitrogen and oxygen atoms in total. The molecule has 0 saturated heterocycles. The maximum absolute atomic E-state index is 13.4. The third-order valence-electron chi connectivity index (χ3n) is 6.22. The number of aromatic nitrogens is 5. The smallest absolute Gasteiger partial charge is 0.356 e. The van der Waals surface area contributed by atoms with Gasteiger partial charge in [0.15, 0.2) is 11.6 Å². The van der Waals surface area contributed by atoms with Gasteiger partial charge < -0.3 is 9.95 Å². The zero-order valence-corrected chi connectivity index (χ0v) is 20.1. The number of nitrogens with zero attached hydrogens (tertiary/aromatic N) is 5. The van der Waals surface area contributed by atoms with E-state index < -0.39 is 0 Å². The molecule has 0 fully saturated rings. The lowest BCUT2D eigenvalue weighted by Crippen LogP contribution is -2.39. The Labute approximate surface area is 211 Å². The molecule has 2 aromatic carbocycles. The summed E-state index contributed by atoms with van der Waals surface area (Å²) in [6.07, 6.45) is 5.09. The Balaban J connectivity index is 1.44. The summed E-state index contributed by atoms with van der Waals surface area (Å²) in [5.74, 6) is 1.24. The van der Waals surface area contributed by atoms with Crippen LogP contribution in [-0.4, -0.2) is 30.6 Å². The highest BCUT2D eigenvalue weighted by molar-refractivity contribution is 6.30. The minimum Gasteiger partial charge on any atom is -0.356 e. The SMILES string of the molecule is CC1Nn2c(nn(Cc3ccc(-c4ccno4)cc3)c2=O)C(c2ccncc2)=C1c1ccc(Cl)cc1. The lowest BCUT2D eigenvalue weighted by Gasteiger charge is -2.28. The number of nitrogens with one attached hydrogen (secondary N) is 1. The third kappa shape index (κ3) is 3.91. The molecule has 1 N–H and O–H groups in total. The van der Waals surface area contributed by atoms with Crippen LogP contribution in [0.25, 0.3) is 22.5 Å². The van der Waals surface area contributed by atoms with E-state index in [4.69, 9.17) is 21.2 Å². The van der Waals surface area contributed by atoms with Crippen LogP contribution in [0.2, 0.25) is 5.02 Å². The van der Waals surface area contributed by atoms with Gasteiger partial charge in [0.1, 0.15) is 0 Å². The van der Waals surface area contributed by atoms with Crippen LogP contribution in [0.4, 0.5) is 0 Å². The number of hydrogen-bond donors (Lipinski definition) is 1. The summed E-state index contributed by atoms with van der Waals surface area (Å²) >= 11 is 6.15. The Hall–Kier alpha value is -4.43. The van der Waals surface area contributed by atoms with Crippen LogP contribution in [0.1, 0.15) is 29.4 Å². The van der Waals surface area contributed by atoms with Gasteiger partial charge in [0.25, 0.3) is 0 Å². The largest absolute Gasteiger partial charge is 0.365 e. The maximum atomic E-state index is 13.4. The summed E-state index contributed by atoms with van der Waals surface area (Å²) in [6.45, 7) is 2.35. The molecule has 0 radical (unpaired) electrons. The highest BCUT2D eigenvalue weighted by Gasteiger charge is 2.30. The fraction of sp³-hybridized carbons (Fsp3) is 0.111. The molecule has 1 atom stereocenters. The topological polar surface area (TPSA) is 90.8 Å². The Bertz CT molecular complexity index is 1600. The molecule has 5 aromatic rings. The summed E-state index contributed by atoms with van der Waals surface area (Å²) in [4.78, 5) is 17.6. The van der Waals surface area contributed by atoms with E-state index in [0.29, 0.717) is 23.2 Å². The van der Waals surface area contributed by atoms with E-state index in [-0.39, 0.29) is 11.7 Å². The molecule has 6 rings (SSSR count). The molecule has 1 aliphatic rings. The molecular weight excluding hydrogens is 476 g/mol. The summed E-state index contributed by atoms with van der Waals surface area (Å²) < 4.78 is 8.23. The standard InChI is InChI=1S/C27H21ClN6O2/c1-17-24(20-6-8-22(28)9-7-20)25(21-10-13-29-14-11-21)26-32-33(27(35)34(26)31-17)16-18-2-4-19(5-3-18)23-12-15-30-36-23/h2-15,17,31H,16H2,1H3. The molecule has 9 heteroatoms. The van der Waals surface area contributed by atoms with Gasteiger partial charge in [0.05, 0.1) is 18.8 Å². The van der Waals surface area contributed by atoms with Crippen LogP contribution in [0.5, 0.6) is 0 Å². The van der Waals surface area contributed by atoms with Crippen molar-refractivity contribution in [2.75, 3.05) is 5.43 Å². The van der Waals surface area contributed by atoms with Crippen molar-refractivity contribution in [3.63, 3.8) is 0 Å². The highest BCUT2D eigenvalue weighted by Crippen LogP contribution is 2.36. The van der Waals surface area contributed by atoms with Gasteiger partial charge in [0.2, 0.25) is 0 Å². The van der Waals surface area contributed by atoms with Crippen LogP contribution in [0.3, 0.4) is 0 Å². The monoisotopic (exact) mass is 496 g/mol. The summed E-state index contributed by atoms with van der Waals surface area (Å²) in [5.41, 5.74) is 8.77. The molecular formula is C27H21ClN6O2. The second kappa shape index (κ2) is 8.98. The number of halogens is 1. The molecule has 3 aromatic heterocycles. The minimum absolute atomic E-state index is 0.154. The van der Waals surface area contributed by atoms with Gasteiger partial charge in [-0.1, -0.05) is 53.2 Å². The first-order valence-electron chi connectivity index (χ1n) is 11.5. The van der Waals surface area contributed by atoms with Crippen LogP contribution >= 0.6 is 11.6 Å². The summed E-state index contributed by atoms with van der Waals surface area (Å²) in [5, 5.41) is 9.19. The number of fused-ring (bicyclic) bond motifs is 1. The third-order valence-corrected chi connectivity index (χ3v) is 6.47. The Morgan fingerprint density at radius 2 is 1.64 bits per heavy atom. The van der Waals surface area contributed by atoms with Gasteiger partial charge in [0, 0.05) is 34.6 Å². The van der Waals surface area contributed by atoms with Gasteiger partial charge in [-0.2, -0.15) is 4.68 Å². The minimum atomic E-state index is -0.238. The Kier molecular flexibility index (Phi) is 5.50. The average molecular weight is 497 g/mol. The molecule has 4 heterocycles. The van der Waals surface area contributed by atoms with E-state index in [1.54, 1.807) is 24.7 Å². The summed E-state index contributed by atoms with van der Waals surface area (Å²) in [7, 11) is 0. The van der Waals surface area contributed by atoms with Crippen LogP contribution in [0.15, 0.2) is 94.6 Å². The van der Waals surface area contributed by atoms with Crippen molar-refractivity contribution in [3.8, 4) is 11.3 Å². The Morgan fingerprint density at radius 3 is 2.33 bits per heavy atom. The molecule has 0 aliphatic carbocycles. The molecule has 0 spiro atoms. The first-order valence-corrected chi connectivity index (χ1v) is 11.8. The molecule has 0 amide bonds. The quantitative estimate of drug-likeness (QED) is 0.379. The molecule has 1 aliphatic heterocycles. The first-order chi connectivity index (χ1) is 17.6. The van der Waals surface area contributed by atoms with Crippen LogP contribution in [-0.2, 0) is 6.54 Å². The Morgan fingerprint density at radius 1 is 0.917 bits per heavy atom. The molecule has 1 unspecified atom stereocenters.